The van der Waals surface area contributed by atoms with E-state index in [1.807, 2.05) is 48.8 Å². The van der Waals surface area contributed by atoms with E-state index in [4.69, 9.17) is 23.2 Å². The second-order valence-corrected chi connectivity index (χ2v) is 5.64. The van der Waals surface area contributed by atoms with Crippen molar-refractivity contribution in [2.75, 3.05) is 5.32 Å². The van der Waals surface area contributed by atoms with Gasteiger partial charge in [-0.05, 0) is 54.1 Å². The molecule has 0 bridgehead atoms. The van der Waals surface area contributed by atoms with Gasteiger partial charge >= 0.3 is 0 Å². The highest BCUT2D eigenvalue weighted by molar-refractivity contribution is 6.34. The molecule has 0 fully saturated rings. The van der Waals surface area contributed by atoms with Crippen LogP contribution in [0.1, 0.15) is 5.56 Å². The summed E-state index contributed by atoms with van der Waals surface area (Å²) in [6.45, 7) is 0.676. The minimum atomic E-state index is 0.653. The van der Waals surface area contributed by atoms with Gasteiger partial charge in [-0.2, -0.15) is 0 Å². The van der Waals surface area contributed by atoms with Gasteiger partial charge < -0.3 is 9.88 Å². The molecule has 0 aliphatic heterocycles. The van der Waals surface area contributed by atoms with Gasteiger partial charge in [-0.25, -0.2) is 0 Å². The van der Waals surface area contributed by atoms with Crippen molar-refractivity contribution in [3.8, 4) is 5.69 Å². The van der Waals surface area contributed by atoms with E-state index in [9.17, 15) is 0 Å². The Hall–Kier alpha value is -1.90. The van der Waals surface area contributed by atoms with Crippen LogP contribution in [-0.2, 0) is 6.54 Å². The average Bonchev–Trinajstić information content (AvgIpc) is 2.99. The smallest absolute Gasteiger partial charge is 0.0469 e. The molecule has 0 spiro atoms. The summed E-state index contributed by atoms with van der Waals surface area (Å²) in [6.07, 6.45) is 4.05. The Kier molecular flexibility index (Phi) is 4.18. The number of nitrogens with zero attached hydrogens (tertiary/aromatic N) is 1. The first-order valence-electron chi connectivity index (χ1n) is 6.63. The van der Waals surface area contributed by atoms with Crippen molar-refractivity contribution < 1.29 is 0 Å². The lowest BCUT2D eigenvalue weighted by Gasteiger charge is -2.10. The van der Waals surface area contributed by atoms with Crippen LogP contribution in [0.25, 0.3) is 5.69 Å². The first kappa shape index (κ1) is 14.1. The van der Waals surface area contributed by atoms with Crippen molar-refractivity contribution in [3.63, 3.8) is 0 Å². The first-order chi connectivity index (χ1) is 10.2. The SMILES string of the molecule is Clc1cc(Cl)cc(CNc2cccc(-n3cccc3)c2)c1. The van der Waals surface area contributed by atoms with Gasteiger partial charge in [0.25, 0.3) is 0 Å². The fraction of sp³-hybridized carbons (Fsp3) is 0.0588. The van der Waals surface area contributed by atoms with Crippen LogP contribution < -0.4 is 5.32 Å². The van der Waals surface area contributed by atoms with Crippen molar-refractivity contribution in [2.45, 2.75) is 6.54 Å². The highest BCUT2D eigenvalue weighted by Gasteiger charge is 2.00. The van der Waals surface area contributed by atoms with Gasteiger partial charge in [0.1, 0.15) is 0 Å². The molecule has 3 rings (SSSR count). The highest BCUT2D eigenvalue weighted by atomic mass is 35.5. The van der Waals surface area contributed by atoms with E-state index >= 15 is 0 Å². The third-order valence-electron chi connectivity index (χ3n) is 3.17. The fourth-order valence-electron chi connectivity index (χ4n) is 2.20. The number of rotatable bonds is 4. The Morgan fingerprint density at radius 1 is 0.857 bits per heavy atom. The maximum absolute atomic E-state index is 6.01. The summed E-state index contributed by atoms with van der Waals surface area (Å²) < 4.78 is 2.07. The molecule has 0 aliphatic carbocycles. The van der Waals surface area contributed by atoms with Crippen LogP contribution in [-0.4, -0.2) is 4.57 Å². The molecule has 0 saturated heterocycles. The predicted octanol–water partition coefficient (Wildman–Crippen LogP) is 5.40. The van der Waals surface area contributed by atoms with Crippen LogP contribution in [0.5, 0.6) is 0 Å². The molecule has 1 N–H and O–H groups in total. The minimum absolute atomic E-state index is 0.653. The Labute approximate surface area is 133 Å². The van der Waals surface area contributed by atoms with E-state index in [2.05, 4.69) is 22.0 Å². The van der Waals surface area contributed by atoms with Crippen LogP contribution in [0, 0.1) is 0 Å². The van der Waals surface area contributed by atoms with Crippen LogP contribution in [0.2, 0.25) is 10.0 Å². The summed E-state index contributed by atoms with van der Waals surface area (Å²) in [4.78, 5) is 0. The first-order valence-corrected chi connectivity index (χ1v) is 7.38. The molecule has 106 valence electrons. The third kappa shape index (κ3) is 3.60. The molecule has 0 saturated carbocycles. The molecule has 2 aromatic carbocycles. The van der Waals surface area contributed by atoms with Gasteiger partial charge in [0.05, 0.1) is 0 Å². The second-order valence-electron chi connectivity index (χ2n) is 4.77. The van der Waals surface area contributed by atoms with Gasteiger partial charge in [0.2, 0.25) is 0 Å². The lowest BCUT2D eigenvalue weighted by atomic mass is 10.2. The number of halogens is 2. The minimum Gasteiger partial charge on any atom is -0.381 e. The number of aromatic nitrogens is 1. The van der Waals surface area contributed by atoms with Gasteiger partial charge in [0, 0.05) is 40.4 Å². The summed E-state index contributed by atoms with van der Waals surface area (Å²) in [7, 11) is 0. The van der Waals surface area contributed by atoms with Crippen molar-refractivity contribution in [2.24, 2.45) is 0 Å². The maximum atomic E-state index is 6.01. The molecule has 0 aliphatic rings. The zero-order valence-electron chi connectivity index (χ0n) is 11.3. The number of nitrogens with one attached hydrogen (secondary N) is 1. The van der Waals surface area contributed by atoms with Crippen molar-refractivity contribution >= 4 is 28.9 Å². The van der Waals surface area contributed by atoms with Gasteiger partial charge in [-0.3, -0.25) is 0 Å². The van der Waals surface area contributed by atoms with Crippen LogP contribution >= 0.6 is 23.2 Å². The van der Waals surface area contributed by atoms with Crippen LogP contribution in [0.15, 0.2) is 67.0 Å². The van der Waals surface area contributed by atoms with Gasteiger partial charge in [-0.1, -0.05) is 29.3 Å². The standard InChI is InChI=1S/C17H14Cl2N2/c18-14-8-13(9-15(19)10-14)12-20-16-4-3-5-17(11-16)21-6-1-2-7-21/h1-11,20H,12H2. The van der Waals surface area contributed by atoms with Crippen LogP contribution in [0.4, 0.5) is 5.69 Å². The zero-order valence-corrected chi connectivity index (χ0v) is 12.8. The molecule has 0 atom stereocenters. The van der Waals surface area contributed by atoms with Gasteiger partial charge in [-0.15, -0.1) is 0 Å². The van der Waals surface area contributed by atoms with E-state index in [0.29, 0.717) is 16.6 Å². The summed E-state index contributed by atoms with van der Waals surface area (Å²) in [5.74, 6) is 0. The highest BCUT2D eigenvalue weighted by Crippen LogP contribution is 2.21. The molecule has 2 nitrogen and oxygen atoms in total. The quantitative estimate of drug-likeness (QED) is 0.682. The Bertz CT molecular complexity index is 716. The Morgan fingerprint density at radius 3 is 2.29 bits per heavy atom. The summed E-state index contributed by atoms with van der Waals surface area (Å²) in [5, 5.41) is 4.69. The topological polar surface area (TPSA) is 17.0 Å². The molecule has 21 heavy (non-hydrogen) atoms. The van der Waals surface area contributed by atoms with Crippen molar-refractivity contribution in [1.29, 1.82) is 0 Å². The van der Waals surface area contributed by atoms with E-state index in [1.54, 1.807) is 6.07 Å². The van der Waals surface area contributed by atoms with Crippen molar-refractivity contribution in [3.05, 3.63) is 82.6 Å². The molecule has 0 radical (unpaired) electrons. The van der Waals surface area contributed by atoms with Crippen LogP contribution in [0.3, 0.4) is 0 Å². The molecule has 0 unspecified atom stereocenters. The largest absolute Gasteiger partial charge is 0.381 e. The lowest BCUT2D eigenvalue weighted by molar-refractivity contribution is 1.07. The van der Waals surface area contributed by atoms with E-state index < -0.39 is 0 Å². The Morgan fingerprint density at radius 2 is 1.57 bits per heavy atom. The van der Waals surface area contributed by atoms with E-state index in [0.717, 1.165) is 16.9 Å². The zero-order chi connectivity index (χ0) is 14.7. The summed E-state index contributed by atoms with van der Waals surface area (Å²) in [5.41, 5.74) is 3.23. The average molecular weight is 317 g/mol. The monoisotopic (exact) mass is 316 g/mol. The summed E-state index contributed by atoms with van der Waals surface area (Å²) >= 11 is 12.0. The molecule has 4 heteroatoms. The van der Waals surface area contributed by atoms with E-state index in [1.165, 1.54) is 0 Å². The number of hydrogen-bond acceptors (Lipinski definition) is 1. The number of anilines is 1. The Balaban J connectivity index is 1.75. The van der Waals surface area contributed by atoms with E-state index in [-0.39, 0.29) is 0 Å². The molecule has 1 heterocycles. The lowest BCUT2D eigenvalue weighted by Crippen LogP contribution is -2.00. The molecule has 1 aromatic heterocycles. The van der Waals surface area contributed by atoms with Gasteiger partial charge in [0.15, 0.2) is 0 Å². The second kappa shape index (κ2) is 6.25. The molecule has 0 amide bonds. The summed E-state index contributed by atoms with van der Waals surface area (Å²) in [6, 6.07) is 17.8. The molecular weight excluding hydrogens is 303 g/mol. The van der Waals surface area contributed by atoms with Crippen molar-refractivity contribution in [1.82, 2.24) is 4.57 Å². The molecule has 3 aromatic rings. The normalized spacial score (nSPS) is 10.6. The number of hydrogen-bond donors (Lipinski definition) is 1. The number of benzene rings is 2. The maximum Gasteiger partial charge on any atom is 0.0469 e. The third-order valence-corrected chi connectivity index (χ3v) is 3.60. The fourth-order valence-corrected chi connectivity index (χ4v) is 2.77. The molecular formula is C17H14Cl2N2. The predicted molar refractivity (Wildman–Crippen MR) is 89.6 cm³/mol.